The summed E-state index contributed by atoms with van der Waals surface area (Å²) in [5.41, 5.74) is 6.40. The van der Waals surface area contributed by atoms with Gasteiger partial charge in [-0.3, -0.25) is 10.2 Å². The minimum atomic E-state index is -0.232. The van der Waals surface area contributed by atoms with E-state index in [4.69, 9.17) is 20.6 Å². The van der Waals surface area contributed by atoms with Crippen molar-refractivity contribution in [2.75, 3.05) is 11.9 Å². The van der Waals surface area contributed by atoms with Crippen molar-refractivity contribution in [3.05, 3.63) is 84.4 Å². The van der Waals surface area contributed by atoms with Gasteiger partial charge in [0.05, 0.1) is 0 Å². The minimum Gasteiger partial charge on any atom is -0.486 e. The quantitative estimate of drug-likeness (QED) is 0.437. The predicted octanol–water partition coefficient (Wildman–Crippen LogP) is 4.05. The largest absolute Gasteiger partial charge is 0.486 e. The van der Waals surface area contributed by atoms with Gasteiger partial charge in [0.25, 0.3) is 5.91 Å². The summed E-state index contributed by atoms with van der Waals surface area (Å²) >= 11 is 0. The Labute approximate surface area is 157 Å². The molecule has 3 aromatic rings. The molecule has 0 aliphatic heterocycles. The Morgan fingerprint density at radius 1 is 0.852 bits per heavy atom. The highest BCUT2D eigenvalue weighted by Gasteiger charge is 2.07. The van der Waals surface area contributed by atoms with Crippen LogP contribution < -0.4 is 20.5 Å². The molecular formula is C21H19N3O3. The van der Waals surface area contributed by atoms with Crippen LogP contribution in [0.15, 0.2) is 78.9 Å². The van der Waals surface area contributed by atoms with Crippen molar-refractivity contribution in [2.45, 2.75) is 0 Å². The van der Waals surface area contributed by atoms with Gasteiger partial charge in [-0.05, 0) is 60.7 Å². The molecule has 0 spiro atoms. The third-order valence-corrected chi connectivity index (χ3v) is 3.60. The van der Waals surface area contributed by atoms with Gasteiger partial charge in [-0.2, -0.15) is 0 Å². The Morgan fingerprint density at radius 3 is 2.07 bits per heavy atom. The molecule has 0 saturated heterocycles. The highest BCUT2D eigenvalue weighted by Crippen LogP contribution is 2.23. The van der Waals surface area contributed by atoms with Crippen LogP contribution in [-0.4, -0.2) is 18.3 Å². The van der Waals surface area contributed by atoms with Crippen LogP contribution in [0.5, 0.6) is 17.2 Å². The third-order valence-electron chi connectivity index (χ3n) is 3.60. The number of nitrogens with one attached hydrogen (secondary N) is 2. The lowest BCUT2D eigenvalue weighted by Gasteiger charge is -2.09. The number of para-hydroxylation sites is 1. The Bertz CT molecular complexity index is 908. The lowest BCUT2D eigenvalue weighted by atomic mass is 10.2. The van der Waals surface area contributed by atoms with Crippen LogP contribution in [0.4, 0.5) is 5.69 Å². The van der Waals surface area contributed by atoms with Crippen LogP contribution in [-0.2, 0) is 0 Å². The molecule has 3 rings (SSSR count). The molecule has 0 bridgehead atoms. The van der Waals surface area contributed by atoms with Crippen molar-refractivity contribution in [1.29, 1.82) is 5.41 Å². The molecule has 0 aliphatic carbocycles. The number of hydrogen-bond donors (Lipinski definition) is 3. The molecule has 4 N–H and O–H groups in total. The van der Waals surface area contributed by atoms with Crippen LogP contribution in [0.1, 0.15) is 10.4 Å². The van der Waals surface area contributed by atoms with Crippen molar-refractivity contribution in [3.8, 4) is 17.2 Å². The maximum absolute atomic E-state index is 12.3. The summed E-state index contributed by atoms with van der Waals surface area (Å²) in [6.45, 7) is 0.0168. The summed E-state index contributed by atoms with van der Waals surface area (Å²) in [7, 11) is 0. The number of amides is 1. The van der Waals surface area contributed by atoms with Crippen molar-refractivity contribution >= 4 is 17.4 Å². The van der Waals surface area contributed by atoms with E-state index in [1.165, 1.54) is 0 Å². The molecule has 6 heteroatoms. The van der Waals surface area contributed by atoms with Gasteiger partial charge in [-0.15, -0.1) is 0 Å². The van der Waals surface area contributed by atoms with Gasteiger partial charge in [0.1, 0.15) is 29.7 Å². The van der Waals surface area contributed by atoms with E-state index >= 15 is 0 Å². The monoisotopic (exact) mass is 361 g/mol. The fraction of sp³-hybridized carbons (Fsp3) is 0.0476. The highest BCUT2D eigenvalue weighted by molar-refractivity contribution is 6.04. The molecule has 0 atom stereocenters. The van der Waals surface area contributed by atoms with Crippen molar-refractivity contribution < 1.29 is 14.3 Å². The number of amidine groups is 1. The number of carbonyl (C=O) groups is 1. The number of rotatable bonds is 7. The fourth-order valence-electron chi connectivity index (χ4n) is 2.30. The topological polar surface area (TPSA) is 97.4 Å². The van der Waals surface area contributed by atoms with E-state index in [0.717, 1.165) is 5.75 Å². The van der Waals surface area contributed by atoms with Gasteiger partial charge in [-0.1, -0.05) is 18.2 Å². The first-order valence-electron chi connectivity index (χ1n) is 8.30. The van der Waals surface area contributed by atoms with Crippen molar-refractivity contribution in [1.82, 2.24) is 0 Å². The number of anilines is 1. The van der Waals surface area contributed by atoms with E-state index in [-0.39, 0.29) is 18.3 Å². The smallest absolute Gasteiger partial charge is 0.255 e. The van der Waals surface area contributed by atoms with Gasteiger partial charge in [-0.25, -0.2) is 0 Å². The Kier molecular flexibility index (Phi) is 5.69. The number of hydrogen-bond acceptors (Lipinski definition) is 4. The fourth-order valence-corrected chi connectivity index (χ4v) is 2.30. The lowest BCUT2D eigenvalue weighted by molar-refractivity contribution is 0.102. The molecule has 0 aliphatic rings. The Morgan fingerprint density at radius 2 is 1.44 bits per heavy atom. The second-order valence-corrected chi connectivity index (χ2v) is 5.73. The molecule has 3 aromatic carbocycles. The van der Waals surface area contributed by atoms with E-state index in [0.29, 0.717) is 22.7 Å². The standard InChI is InChI=1S/C21H19N3O3/c22-20(23)14-26-17-10-6-15(7-11-17)21(25)24-16-8-12-19(13-9-16)27-18-4-2-1-3-5-18/h1-13H,14H2,(H3,22,23)(H,24,25). The van der Waals surface area contributed by atoms with Crippen LogP contribution in [0.2, 0.25) is 0 Å². The maximum atomic E-state index is 12.3. The summed E-state index contributed by atoms with van der Waals surface area (Å²) in [6.07, 6.45) is 0. The zero-order chi connectivity index (χ0) is 19.1. The molecule has 1 amide bonds. The van der Waals surface area contributed by atoms with E-state index in [1.54, 1.807) is 48.5 Å². The number of ether oxygens (including phenoxy) is 2. The van der Waals surface area contributed by atoms with Crippen molar-refractivity contribution in [2.24, 2.45) is 5.73 Å². The molecule has 0 fully saturated rings. The van der Waals surface area contributed by atoms with Crippen LogP contribution in [0.3, 0.4) is 0 Å². The van der Waals surface area contributed by atoms with E-state index in [1.807, 2.05) is 30.3 Å². The van der Waals surface area contributed by atoms with Gasteiger partial charge in [0.15, 0.2) is 0 Å². The summed E-state index contributed by atoms with van der Waals surface area (Å²) in [4.78, 5) is 12.3. The zero-order valence-corrected chi connectivity index (χ0v) is 14.5. The first kappa shape index (κ1) is 18.0. The number of carbonyl (C=O) groups excluding carboxylic acids is 1. The lowest BCUT2D eigenvalue weighted by Crippen LogP contribution is -2.19. The second-order valence-electron chi connectivity index (χ2n) is 5.73. The molecular weight excluding hydrogens is 342 g/mol. The molecule has 0 heterocycles. The minimum absolute atomic E-state index is 0.0168. The zero-order valence-electron chi connectivity index (χ0n) is 14.5. The van der Waals surface area contributed by atoms with E-state index in [2.05, 4.69) is 5.32 Å². The van der Waals surface area contributed by atoms with Crippen LogP contribution in [0, 0.1) is 5.41 Å². The second kappa shape index (κ2) is 8.53. The maximum Gasteiger partial charge on any atom is 0.255 e. The Balaban J connectivity index is 1.58. The van der Waals surface area contributed by atoms with Crippen LogP contribution in [0.25, 0.3) is 0 Å². The van der Waals surface area contributed by atoms with Gasteiger partial charge >= 0.3 is 0 Å². The summed E-state index contributed by atoms with van der Waals surface area (Å²) in [5.74, 6) is 1.69. The average Bonchev–Trinajstić information content (AvgIpc) is 2.69. The van der Waals surface area contributed by atoms with E-state index in [9.17, 15) is 4.79 Å². The highest BCUT2D eigenvalue weighted by atomic mass is 16.5. The van der Waals surface area contributed by atoms with Gasteiger partial charge in [0.2, 0.25) is 0 Å². The average molecular weight is 361 g/mol. The third kappa shape index (κ3) is 5.34. The molecule has 0 aromatic heterocycles. The summed E-state index contributed by atoms with van der Waals surface area (Å²) in [6, 6.07) is 23.2. The first-order chi connectivity index (χ1) is 13.1. The van der Waals surface area contributed by atoms with Gasteiger partial charge in [0, 0.05) is 11.3 Å². The molecule has 27 heavy (non-hydrogen) atoms. The summed E-state index contributed by atoms with van der Waals surface area (Å²) < 4.78 is 11.0. The Hall–Kier alpha value is -3.80. The molecule has 0 saturated carbocycles. The van der Waals surface area contributed by atoms with Crippen LogP contribution >= 0.6 is 0 Å². The molecule has 0 unspecified atom stereocenters. The molecule has 0 radical (unpaired) electrons. The first-order valence-corrected chi connectivity index (χ1v) is 8.30. The van der Waals surface area contributed by atoms with Gasteiger partial charge < -0.3 is 20.5 Å². The number of nitrogens with two attached hydrogens (primary N) is 1. The van der Waals surface area contributed by atoms with Crippen molar-refractivity contribution in [3.63, 3.8) is 0 Å². The normalized spacial score (nSPS) is 10.1. The number of benzene rings is 3. The predicted molar refractivity (Wildman–Crippen MR) is 105 cm³/mol. The van der Waals surface area contributed by atoms with E-state index < -0.39 is 0 Å². The SMILES string of the molecule is N=C(N)COc1ccc(C(=O)Nc2ccc(Oc3ccccc3)cc2)cc1. The molecule has 136 valence electrons. The molecule has 6 nitrogen and oxygen atoms in total. The summed E-state index contributed by atoms with van der Waals surface area (Å²) in [5, 5.41) is 9.97.